The molecule has 1 heterocycles. The van der Waals surface area contributed by atoms with Gasteiger partial charge in [0.2, 0.25) is 0 Å². The molecule has 90 valence electrons. The van der Waals surface area contributed by atoms with Crippen molar-refractivity contribution in [2.45, 2.75) is 34.2 Å². The number of nitrogens with zero attached hydrogens (tertiary/aromatic N) is 2. The van der Waals surface area contributed by atoms with Crippen molar-refractivity contribution in [1.29, 1.82) is 0 Å². The Morgan fingerprint density at radius 1 is 1.31 bits per heavy atom. The molecule has 0 atom stereocenters. The number of rotatable bonds is 5. The Hall–Kier alpha value is -1.32. The molecule has 0 bridgehead atoms. The lowest BCUT2D eigenvalue weighted by molar-refractivity contribution is 0.464. The lowest BCUT2D eigenvalue weighted by Gasteiger charge is -2.10. The van der Waals surface area contributed by atoms with Crippen molar-refractivity contribution in [3.05, 3.63) is 22.6 Å². The average molecular weight is 223 g/mol. The maximum Gasteiger partial charge on any atom is 0.268 e. The van der Waals surface area contributed by atoms with Crippen LogP contribution in [-0.2, 0) is 6.54 Å². The van der Waals surface area contributed by atoms with E-state index in [2.05, 4.69) is 38.1 Å². The zero-order valence-electron chi connectivity index (χ0n) is 10.5. The summed E-state index contributed by atoms with van der Waals surface area (Å²) in [6, 6.07) is 1.61. The van der Waals surface area contributed by atoms with Gasteiger partial charge in [0.05, 0.1) is 11.9 Å². The number of hydrogen-bond donors (Lipinski definition) is 1. The molecule has 16 heavy (non-hydrogen) atoms. The van der Waals surface area contributed by atoms with Crippen molar-refractivity contribution in [2.75, 3.05) is 11.9 Å². The highest BCUT2D eigenvalue weighted by Crippen LogP contribution is 2.02. The molecule has 1 aromatic heterocycles. The minimum absolute atomic E-state index is 0.0394. The SMILES string of the molecule is CC(C)CNc1cnn(CC(C)C)c(=O)c1. The van der Waals surface area contributed by atoms with Crippen molar-refractivity contribution in [1.82, 2.24) is 9.78 Å². The summed E-state index contributed by atoms with van der Waals surface area (Å²) in [5.41, 5.74) is 0.765. The van der Waals surface area contributed by atoms with E-state index in [1.54, 1.807) is 12.3 Å². The van der Waals surface area contributed by atoms with E-state index in [0.717, 1.165) is 12.2 Å². The molecule has 0 radical (unpaired) electrons. The summed E-state index contributed by atoms with van der Waals surface area (Å²) in [6.07, 6.45) is 1.71. The summed E-state index contributed by atoms with van der Waals surface area (Å²) >= 11 is 0. The van der Waals surface area contributed by atoms with Crippen molar-refractivity contribution in [3.63, 3.8) is 0 Å². The molecule has 0 aromatic carbocycles. The Kier molecular flexibility index (Phi) is 4.52. The topological polar surface area (TPSA) is 46.9 Å². The van der Waals surface area contributed by atoms with E-state index in [-0.39, 0.29) is 5.56 Å². The molecule has 4 heteroatoms. The van der Waals surface area contributed by atoms with E-state index in [9.17, 15) is 4.79 Å². The summed E-state index contributed by atoms with van der Waals surface area (Å²) < 4.78 is 1.51. The number of hydrogen-bond acceptors (Lipinski definition) is 3. The standard InChI is InChI=1S/C12H21N3O/c1-9(2)6-13-11-5-12(16)15(14-7-11)8-10(3)4/h5,7,9-10,13H,6,8H2,1-4H3. The molecule has 1 aromatic rings. The fourth-order valence-corrected chi connectivity index (χ4v) is 1.34. The van der Waals surface area contributed by atoms with Gasteiger partial charge >= 0.3 is 0 Å². The lowest BCUT2D eigenvalue weighted by atomic mass is 10.2. The van der Waals surface area contributed by atoms with Crippen molar-refractivity contribution < 1.29 is 0 Å². The summed E-state index contributed by atoms with van der Waals surface area (Å²) in [5, 5.41) is 7.33. The van der Waals surface area contributed by atoms with Gasteiger partial charge in [-0.15, -0.1) is 0 Å². The first-order chi connectivity index (χ1) is 7.49. The van der Waals surface area contributed by atoms with Gasteiger partial charge in [0, 0.05) is 19.2 Å². The average Bonchev–Trinajstić information content (AvgIpc) is 2.18. The summed E-state index contributed by atoms with van der Waals surface area (Å²) in [4.78, 5) is 11.7. The first kappa shape index (κ1) is 12.7. The van der Waals surface area contributed by atoms with Gasteiger partial charge in [-0.3, -0.25) is 4.79 Å². The van der Waals surface area contributed by atoms with Crippen LogP contribution in [0.5, 0.6) is 0 Å². The van der Waals surface area contributed by atoms with E-state index in [1.807, 2.05) is 0 Å². The van der Waals surface area contributed by atoms with Crippen LogP contribution < -0.4 is 10.9 Å². The van der Waals surface area contributed by atoms with E-state index < -0.39 is 0 Å². The Bertz CT molecular complexity index is 382. The zero-order valence-corrected chi connectivity index (χ0v) is 10.5. The number of aromatic nitrogens is 2. The second-order valence-electron chi connectivity index (χ2n) is 4.93. The molecular weight excluding hydrogens is 202 g/mol. The van der Waals surface area contributed by atoms with Crippen LogP contribution in [0.25, 0.3) is 0 Å². The van der Waals surface area contributed by atoms with E-state index in [0.29, 0.717) is 18.4 Å². The fourth-order valence-electron chi connectivity index (χ4n) is 1.34. The van der Waals surface area contributed by atoms with E-state index in [1.165, 1.54) is 4.68 Å². The third kappa shape index (κ3) is 4.04. The molecule has 0 spiro atoms. The highest BCUT2D eigenvalue weighted by atomic mass is 16.1. The van der Waals surface area contributed by atoms with Crippen LogP contribution in [0.15, 0.2) is 17.1 Å². The second-order valence-corrected chi connectivity index (χ2v) is 4.93. The van der Waals surface area contributed by atoms with Crippen LogP contribution in [0.1, 0.15) is 27.7 Å². The third-order valence-corrected chi connectivity index (χ3v) is 2.12. The smallest absolute Gasteiger partial charge is 0.268 e. The minimum Gasteiger partial charge on any atom is -0.383 e. The second kappa shape index (κ2) is 5.68. The molecule has 1 rings (SSSR count). The summed E-state index contributed by atoms with van der Waals surface area (Å²) in [7, 11) is 0. The maximum absolute atomic E-state index is 11.7. The van der Waals surface area contributed by atoms with Crippen LogP contribution in [0.2, 0.25) is 0 Å². The molecule has 0 amide bonds. The molecule has 0 unspecified atom stereocenters. The fraction of sp³-hybridized carbons (Fsp3) is 0.667. The Morgan fingerprint density at radius 2 is 2.00 bits per heavy atom. The van der Waals surface area contributed by atoms with Crippen molar-refractivity contribution >= 4 is 5.69 Å². The first-order valence-corrected chi connectivity index (χ1v) is 5.80. The van der Waals surface area contributed by atoms with Crippen LogP contribution >= 0.6 is 0 Å². The monoisotopic (exact) mass is 223 g/mol. The molecule has 0 saturated carbocycles. The van der Waals surface area contributed by atoms with Crippen LogP contribution in [0, 0.1) is 11.8 Å². The molecule has 0 aliphatic carbocycles. The van der Waals surface area contributed by atoms with Gasteiger partial charge in [-0.25, -0.2) is 4.68 Å². The predicted octanol–water partition coefficient (Wildman–Crippen LogP) is 1.97. The van der Waals surface area contributed by atoms with Crippen molar-refractivity contribution in [3.8, 4) is 0 Å². The van der Waals surface area contributed by atoms with Gasteiger partial charge in [-0.05, 0) is 11.8 Å². The summed E-state index contributed by atoms with van der Waals surface area (Å²) in [5.74, 6) is 0.984. The minimum atomic E-state index is -0.0394. The lowest BCUT2D eigenvalue weighted by Crippen LogP contribution is -2.25. The van der Waals surface area contributed by atoms with Crippen molar-refractivity contribution in [2.24, 2.45) is 11.8 Å². The first-order valence-electron chi connectivity index (χ1n) is 5.80. The number of anilines is 1. The normalized spacial score (nSPS) is 11.1. The Balaban J connectivity index is 2.71. The molecule has 0 aliphatic rings. The van der Waals surface area contributed by atoms with Crippen LogP contribution in [0.3, 0.4) is 0 Å². The quantitative estimate of drug-likeness (QED) is 0.830. The molecule has 0 saturated heterocycles. The zero-order chi connectivity index (χ0) is 12.1. The number of nitrogens with one attached hydrogen (secondary N) is 1. The van der Waals surface area contributed by atoms with Gasteiger partial charge in [0.15, 0.2) is 0 Å². The third-order valence-electron chi connectivity index (χ3n) is 2.12. The van der Waals surface area contributed by atoms with Gasteiger partial charge in [-0.1, -0.05) is 27.7 Å². The van der Waals surface area contributed by atoms with Gasteiger partial charge in [0.1, 0.15) is 0 Å². The molecular formula is C12H21N3O. The predicted molar refractivity (Wildman–Crippen MR) is 66.7 cm³/mol. The molecule has 1 N–H and O–H groups in total. The highest BCUT2D eigenvalue weighted by Gasteiger charge is 2.02. The van der Waals surface area contributed by atoms with E-state index in [4.69, 9.17) is 0 Å². The molecule has 4 nitrogen and oxygen atoms in total. The summed E-state index contributed by atoms with van der Waals surface area (Å²) in [6.45, 7) is 9.91. The Labute approximate surface area is 96.7 Å². The van der Waals surface area contributed by atoms with E-state index >= 15 is 0 Å². The van der Waals surface area contributed by atoms with Gasteiger partial charge in [0.25, 0.3) is 5.56 Å². The van der Waals surface area contributed by atoms with Crippen LogP contribution in [0.4, 0.5) is 5.69 Å². The maximum atomic E-state index is 11.7. The molecule has 0 aliphatic heterocycles. The highest BCUT2D eigenvalue weighted by molar-refractivity contribution is 5.38. The van der Waals surface area contributed by atoms with Gasteiger partial charge in [-0.2, -0.15) is 5.10 Å². The Morgan fingerprint density at radius 3 is 2.50 bits per heavy atom. The van der Waals surface area contributed by atoms with Gasteiger partial charge < -0.3 is 5.32 Å². The van der Waals surface area contributed by atoms with Crippen LogP contribution in [-0.4, -0.2) is 16.3 Å². The largest absolute Gasteiger partial charge is 0.383 e. The molecule has 0 fully saturated rings.